The number of hydrogen-bond acceptors (Lipinski definition) is 3. The highest BCUT2D eigenvalue weighted by atomic mass is 32.2. The van der Waals surface area contributed by atoms with Crippen LogP contribution in [0.5, 0.6) is 0 Å². The number of sulfone groups is 1. The maximum atomic E-state index is 14.0. The lowest BCUT2D eigenvalue weighted by atomic mass is 9.89. The van der Waals surface area contributed by atoms with Crippen LogP contribution in [0.25, 0.3) is 0 Å². The van der Waals surface area contributed by atoms with Crippen LogP contribution in [-0.2, 0) is 15.3 Å². The van der Waals surface area contributed by atoms with E-state index >= 15 is 0 Å². The Balaban J connectivity index is 2.69. The van der Waals surface area contributed by atoms with Gasteiger partial charge in [0.15, 0.2) is 9.84 Å². The molecule has 0 spiro atoms. The Bertz CT molecular complexity index is 548. The van der Waals surface area contributed by atoms with Crippen molar-refractivity contribution in [2.24, 2.45) is 5.73 Å². The Hall–Kier alpha value is -0.940. The number of halogens is 1. The Kier molecular flexibility index (Phi) is 2.78. The molecule has 1 atom stereocenters. The molecule has 1 aliphatic carbocycles. The Morgan fingerprint density at radius 1 is 1.41 bits per heavy atom. The van der Waals surface area contributed by atoms with Gasteiger partial charge in [0.25, 0.3) is 0 Å². The molecule has 1 aliphatic rings. The maximum absolute atomic E-state index is 14.0. The first-order valence-electron chi connectivity index (χ1n) is 5.54. The van der Waals surface area contributed by atoms with Gasteiger partial charge < -0.3 is 5.73 Å². The van der Waals surface area contributed by atoms with Crippen molar-refractivity contribution in [3.05, 3.63) is 29.6 Å². The van der Waals surface area contributed by atoms with Gasteiger partial charge in [-0.25, -0.2) is 12.8 Å². The lowest BCUT2D eigenvalue weighted by Gasteiger charge is -2.23. The van der Waals surface area contributed by atoms with Crippen molar-refractivity contribution >= 4 is 9.84 Å². The highest BCUT2D eigenvalue weighted by Gasteiger charge is 2.51. The zero-order valence-corrected chi connectivity index (χ0v) is 10.7. The Labute approximate surface area is 101 Å². The van der Waals surface area contributed by atoms with Crippen LogP contribution in [0.4, 0.5) is 4.39 Å². The highest BCUT2D eigenvalue weighted by Crippen LogP contribution is 2.52. The molecule has 1 saturated carbocycles. The third-order valence-corrected chi connectivity index (χ3v) is 4.67. The van der Waals surface area contributed by atoms with Crippen molar-refractivity contribution in [2.75, 3.05) is 6.26 Å². The Morgan fingerprint density at radius 3 is 2.41 bits per heavy atom. The van der Waals surface area contributed by atoms with Gasteiger partial charge in [0.2, 0.25) is 0 Å². The summed E-state index contributed by atoms with van der Waals surface area (Å²) >= 11 is 0. The molecule has 0 bridgehead atoms. The first-order valence-corrected chi connectivity index (χ1v) is 7.43. The molecule has 2 N–H and O–H groups in total. The lowest BCUT2D eigenvalue weighted by molar-refractivity contribution is 0.498. The predicted octanol–water partition coefficient (Wildman–Crippen LogP) is 1.61. The smallest absolute Gasteiger partial charge is 0.175 e. The molecule has 0 heterocycles. The minimum Gasteiger partial charge on any atom is -0.327 e. The molecule has 17 heavy (non-hydrogen) atoms. The van der Waals surface area contributed by atoms with Gasteiger partial charge in [0, 0.05) is 23.3 Å². The summed E-state index contributed by atoms with van der Waals surface area (Å²) in [5, 5.41) is 0. The fourth-order valence-electron chi connectivity index (χ4n) is 2.36. The second-order valence-corrected chi connectivity index (χ2v) is 6.81. The van der Waals surface area contributed by atoms with Gasteiger partial charge in [-0.3, -0.25) is 0 Å². The second-order valence-electron chi connectivity index (χ2n) is 4.83. The van der Waals surface area contributed by atoms with Crippen LogP contribution >= 0.6 is 0 Å². The molecular weight excluding hydrogens is 241 g/mol. The van der Waals surface area contributed by atoms with E-state index in [1.54, 1.807) is 6.92 Å². The summed E-state index contributed by atoms with van der Waals surface area (Å²) in [4.78, 5) is 0.0762. The molecule has 0 aromatic heterocycles. The standard InChI is InChI=1S/C12H16FNO2S/c1-8(14)12(6-7-12)11-9(13)4-3-5-10(11)17(2,15)16/h3-5,8H,6-7,14H2,1-2H3. The first-order chi connectivity index (χ1) is 7.79. The second kappa shape index (κ2) is 3.78. The molecule has 94 valence electrons. The average Bonchev–Trinajstić information content (AvgIpc) is 2.96. The highest BCUT2D eigenvalue weighted by molar-refractivity contribution is 7.90. The zero-order valence-electron chi connectivity index (χ0n) is 9.90. The van der Waals surface area contributed by atoms with Crippen LogP contribution in [0.3, 0.4) is 0 Å². The number of nitrogens with two attached hydrogens (primary N) is 1. The van der Waals surface area contributed by atoms with E-state index in [1.807, 2.05) is 0 Å². The van der Waals surface area contributed by atoms with E-state index in [1.165, 1.54) is 18.2 Å². The van der Waals surface area contributed by atoms with Crippen LogP contribution in [0.15, 0.2) is 23.1 Å². The van der Waals surface area contributed by atoms with Crippen molar-refractivity contribution < 1.29 is 12.8 Å². The van der Waals surface area contributed by atoms with Crippen molar-refractivity contribution in [1.29, 1.82) is 0 Å². The van der Waals surface area contributed by atoms with Crippen LogP contribution in [0.2, 0.25) is 0 Å². The van der Waals surface area contributed by atoms with Crippen LogP contribution in [0, 0.1) is 5.82 Å². The van der Waals surface area contributed by atoms with Crippen molar-refractivity contribution in [3.8, 4) is 0 Å². The normalized spacial score (nSPS) is 20.0. The summed E-state index contributed by atoms with van der Waals surface area (Å²) in [5.74, 6) is -0.470. The molecular formula is C12H16FNO2S. The summed E-state index contributed by atoms with van der Waals surface area (Å²) in [7, 11) is -3.43. The quantitative estimate of drug-likeness (QED) is 0.895. The molecule has 1 fully saturated rings. The van der Waals surface area contributed by atoms with E-state index < -0.39 is 21.1 Å². The molecule has 1 aromatic rings. The van der Waals surface area contributed by atoms with Gasteiger partial charge in [0.1, 0.15) is 5.82 Å². The zero-order chi connectivity index (χ0) is 12.8. The van der Waals surface area contributed by atoms with E-state index in [0.717, 1.165) is 19.1 Å². The fourth-order valence-corrected chi connectivity index (χ4v) is 3.36. The van der Waals surface area contributed by atoms with E-state index in [0.29, 0.717) is 0 Å². The van der Waals surface area contributed by atoms with Gasteiger partial charge in [-0.2, -0.15) is 0 Å². The molecule has 1 unspecified atom stereocenters. The summed E-state index contributed by atoms with van der Waals surface area (Å²) < 4.78 is 37.3. The Morgan fingerprint density at radius 2 is 2.00 bits per heavy atom. The monoisotopic (exact) mass is 257 g/mol. The predicted molar refractivity (Wildman–Crippen MR) is 64.1 cm³/mol. The van der Waals surface area contributed by atoms with E-state index in [-0.39, 0.29) is 16.5 Å². The average molecular weight is 257 g/mol. The largest absolute Gasteiger partial charge is 0.327 e. The number of rotatable bonds is 3. The molecule has 1 aromatic carbocycles. The fraction of sp³-hybridized carbons (Fsp3) is 0.500. The van der Waals surface area contributed by atoms with Crippen molar-refractivity contribution in [1.82, 2.24) is 0 Å². The molecule has 0 saturated heterocycles. The topological polar surface area (TPSA) is 60.2 Å². The lowest BCUT2D eigenvalue weighted by Crippen LogP contribution is -2.33. The van der Waals surface area contributed by atoms with Crippen molar-refractivity contribution in [3.63, 3.8) is 0 Å². The molecule has 0 aliphatic heterocycles. The van der Waals surface area contributed by atoms with E-state index in [4.69, 9.17) is 5.73 Å². The van der Waals surface area contributed by atoms with Gasteiger partial charge in [-0.1, -0.05) is 6.07 Å². The third-order valence-electron chi connectivity index (χ3n) is 3.53. The number of hydrogen-bond donors (Lipinski definition) is 1. The summed E-state index contributed by atoms with van der Waals surface area (Å²) in [6, 6.07) is 3.93. The van der Waals surface area contributed by atoms with Crippen LogP contribution in [-0.4, -0.2) is 20.7 Å². The van der Waals surface area contributed by atoms with Crippen molar-refractivity contribution in [2.45, 2.75) is 36.1 Å². The molecule has 5 heteroatoms. The SMILES string of the molecule is CC(N)C1(c2c(F)cccc2S(C)(=O)=O)CC1. The van der Waals surface area contributed by atoms with Gasteiger partial charge in [-0.05, 0) is 31.9 Å². The molecule has 3 nitrogen and oxygen atoms in total. The minimum atomic E-state index is -3.43. The van der Waals surface area contributed by atoms with Crippen LogP contribution in [0.1, 0.15) is 25.3 Å². The third kappa shape index (κ3) is 1.98. The minimum absolute atomic E-state index is 0.0762. The molecule has 2 rings (SSSR count). The molecule has 0 amide bonds. The van der Waals surface area contributed by atoms with Gasteiger partial charge in [-0.15, -0.1) is 0 Å². The molecule has 0 radical (unpaired) electrons. The van der Waals surface area contributed by atoms with Crippen LogP contribution < -0.4 is 5.73 Å². The van der Waals surface area contributed by atoms with Gasteiger partial charge in [0.05, 0.1) is 4.90 Å². The summed E-state index contributed by atoms with van der Waals surface area (Å²) in [5.41, 5.74) is 5.66. The van der Waals surface area contributed by atoms with E-state index in [2.05, 4.69) is 0 Å². The maximum Gasteiger partial charge on any atom is 0.175 e. The van der Waals surface area contributed by atoms with E-state index in [9.17, 15) is 12.8 Å². The van der Waals surface area contributed by atoms with Gasteiger partial charge >= 0.3 is 0 Å². The number of benzene rings is 1. The first kappa shape index (κ1) is 12.5. The summed E-state index contributed by atoms with van der Waals surface area (Å²) in [6.07, 6.45) is 2.59. The summed E-state index contributed by atoms with van der Waals surface area (Å²) in [6.45, 7) is 1.80.